The highest BCUT2D eigenvalue weighted by molar-refractivity contribution is 7.99. The number of aryl methyl sites for hydroxylation is 1. The van der Waals surface area contributed by atoms with Crippen molar-refractivity contribution in [3.63, 3.8) is 0 Å². The lowest BCUT2D eigenvalue weighted by Gasteiger charge is -2.11. The first-order valence-electron chi connectivity index (χ1n) is 5.97. The number of nitrogens with one attached hydrogen (secondary N) is 2. The van der Waals surface area contributed by atoms with Gasteiger partial charge in [-0.15, -0.1) is 5.10 Å². The number of H-pyrrole nitrogens is 1. The van der Waals surface area contributed by atoms with Gasteiger partial charge in [0.1, 0.15) is 5.82 Å². The monoisotopic (exact) mass is 256 g/mol. The minimum Gasteiger partial charge on any atom is -0.347 e. The average Bonchev–Trinajstić information content (AvgIpc) is 2.78. The largest absolute Gasteiger partial charge is 0.347 e. The van der Waals surface area contributed by atoms with Gasteiger partial charge in [0.2, 0.25) is 5.82 Å². The molecule has 0 radical (unpaired) electrons. The van der Waals surface area contributed by atoms with E-state index in [1.54, 1.807) is 0 Å². The first-order chi connectivity index (χ1) is 8.17. The van der Waals surface area contributed by atoms with Crippen LogP contribution in [0.4, 0.5) is 0 Å². The van der Waals surface area contributed by atoms with Crippen molar-refractivity contribution >= 4 is 17.7 Å². The van der Waals surface area contributed by atoms with E-state index in [9.17, 15) is 4.79 Å². The second-order valence-corrected chi connectivity index (χ2v) is 5.21. The Bertz CT molecular complexity index is 353. The molecule has 0 saturated carbocycles. The molecule has 1 unspecified atom stereocenters. The number of nitrogens with zero attached hydrogens (tertiary/aromatic N) is 2. The Kier molecular flexibility index (Phi) is 6.04. The highest BCUT2D eigenvalue weighted by atomic mass is 32.2. The Morgan fingerprint density at radius 3 is 2.88 bits per heavy atom. The smallest absolute Gasteiger partial charge is 0.291 e. The third kappa shape index (κ3) is 4.77. The fourth-order valence-electron chi connectivity index (χ4n) is 1.32. The van der Waals surface area contributed by atoms with Crippen molar-refractivity contribution in [1.82, 2.24) is 20.5 Å². The summed E-state index contributed by atoms with van der Waals surface area (Å²) in [7, 11) is 0. The standard InChI is InChI=1S/C11H20N4OS/c1-4-9-13-10(15-14-9)11(16)12-8(3)6-7-17-5-2/h8H,4-7H2,1-3H3,(H,12,16)(H,13,14,15). The molecule has 1 aromatic heterocycles. The molecule has 1 atom stereocenters. The molecule has 1 aromatic rings. The molecular weight excluding hydrogens is 236 g/mol. The molecule has 0 spiro atoms. The lowest BCUT2D eigenvalue weighted by Crippen LogP contribution is -2.33. The molecule has 1 heterocycles. The first-order valence-corrected chi connectivity index (χ1v) is 7.12. The number of hydrogen-bond donors (Lipinski definition) is 2. The molecule has 1 amide bonds. The number of amides is 1. The number of carbonyl (C=O) groups excluding carboxylic acids is 1. The molecule has 0 bridgehead atoms. The van der Waals surface area contributed by atoms with Crippen LogP contribution >= 0.6 is 11.8 Å². The van der Waals surface area contributed by atoms with Crippen LogP contribution < -0.4 is 5.32 Å². The van der Waals surface area contributed by atoms with Gasteiger partial charge in [-0.25, -0.2) is 4.98 Å². The summed E-state index contributed by atoms with van der Waals surface area (Å²) in [5.74, 6) is 2.95. The highest BCUT2D eigenvalue weighted by Gasteiger charge is 2.14. The van der Waals surface area contributed by atoms with Gasteiger partial charge in [0, 0.05) is 12.5 Å². The second kappa shape index (κ2) is 7.32. The van der Waals surface area contributed by atoms with Gasteiger partial charge in [-0.3, -0.25) is 9.89 Å². The van der Waals surface area contributed by atoms with E-state index in [4.69, 9.17) is 0 Å². The van der Waals surface area contributed by atoms with E-state index in [1.165, 1.54) is 0 Å². The van der Waals surface area contributed by atoms with E-state index in [0.29, 0.717) is 0 Å². The number of rotatable bonds is 7. The van der Waals surface area contributed by atoms with Gasteiger partial charge >= 0.3 is 0 Å². The molecule has 0 aliphatic carbocycles. The minimum atomic E-state index is -0.199. The molecule has 0 aliphatic rings. The summed E-state index contributed by atoms with van der Waals surface area (Å²) < 4.78 is 0. The normalized spacial score (nSPS) is 12.4. The summed E-state index contributed by atoms with van der Waals surface area (Å²) >= 11 is 1.88. The van der Waals surface area contributed by atoms with Crippen LogP contribution in [0.25, 0.3) is 0 Å². The van der Waals surface area contributed by atoms with E-state index < -0.39 is 0 Å². The summed E-state index contributed by atoms with van der Waals surface area (Å²) in [6.45, 7) is 6.10. The van der Waals surface area contributed by atoms with Gasteiger partial charge in [-0.2, -0.15) is 11.8 Å². The molecule has 1 rings (SSSR count). The zero-order valence-corrected chi connectivity index (χ0v) is 11.4. The van der Waals surface area contributed by atoms with Crippen molar-refractivity contribution in [3.8, 4) is 0 Å². The van der Waals surface area contributed by atoms with Crippen LogP contribution in [0.2, 0.25) is 0 Å². The summed E-state index contributed by atoms with van der Waals surface area (Å²) in [4.78, 5) is 15.8. The van der Waals surface area contributed by atoms with Gasteiger partial charge in [-0.05, 0) is 24.9 Å². The molecule has 5 nitrogen and oxygen atoms in total. The molecule has 6 heteroatoms. The molecular formula is C11H20N4OS. The fourth-order valence-corrected chi connectivity index (χ4v) is 2.13. The van der Waals surface area contributed by atoms with Gasteiger partial charge in [-0.1, -0.05) is 13.8 Å². The van der Waals surface area contributed by atoms with Crippen molar-refractivity contribution in [2.75, 3.05) is 11.5 Å². The second-order valence-electron chi connectivity index (χ2n) is 3.82. The third-order valence-electron chi connectivity index (χ3n) is 2.35. The summed E-state index contributed by atoms with van der Waals surface area (Å²) in [5.41, 5.74) is 0. The Labute approximate surface area is 106 Å². The lowest BCUT2D eigenvalue weighted by molar-refractivity contribution is 0.0929. The highest BCUT2D eigenvalue weighted by Crippen LogP contribution is 2.04. The van der Waals surface area contributed by atoms with Gasteiger partial charge in [0.25, 0.3) is 5.91 Å². The molecule has 0 aromatic carbocycles. The number of thioether (sulfide) groups is 1. The summed E-state index contributed by atoms with van der Waals surface area (Å²) in [6, 6.07) is 0.158. The SMILES string of the molecule is CCSCCC(C)NC(=O)c1n[nH]c(CC)n1. The van der Waals surface area contributed by atoms with Crippen LogP contribution in [0.5, 0.6) is 0 Å². The van der Waals surface area contributed by atoms with Crippen LogP contribution in [0, 0.1) is 0 Å². The van der Waals surface area contributed by atoms with Gasteiger partial charge in [0.05, 0.1) is 0 Å². The third-order valence-corrected chi connectivity index (χ3v) is 3.28. The van der Waals surface area contributed by atoms with Crippen LogP contribution in [-0.2, 0) is 6.42 Å². The maximum atomic E-state index is 11.8. The van der Waals surface area contributed by atoms with Gasteiger partial charge < -0.3 is 5.32 Å². The Morgan fingerprint density at radius 2 is 2.29 bits per heavy atom. The fraction of sp³-hybridized carbons (Fsp3) is 0.727. The van der Waals surface area contributed by atoms with Crippen molar-refractivity contribution in [3.05, 3.63) is 11.6 Å². The molecule has 0 aliphatic heterocycles. The van der Waals surface area contributed by atoms with Crippen LogP contribution in [0.15, 0.2) is 0 Å². The van der Waals surface area contributed by atoms with Crippen LogP contribution in [0.3, 0.4) is 0 Å². The Hall–Kier alpha value is -1.04. The van der Waals surface area contributed by atoms with E-state index in [2.05, 4.69) is 27.4 Å². The summed E-state index contributed by atoms with van der Waals surface area (Å²) in [6.07, 6.45) is 1.72. The maximum Gasteiger partial charge on any atom is 0.291 e. The maximum absolute atomic E-state index is 11.8. The van der Waals surface area contributed by atoms with Crippen molar-refractivity contribution in [1.29, 1.82) is 0 Å². The van der Waals surface area contributed by atoms with Crippen LogP contribution in [-0.4, -0.2) is 38.6 Å². The molecule has 96 valence electrons. The van der Waals surface area contributed by atoms with Crippen molar-refractivity contribution in [2.24, 2.45) is 0 Å². The quantitative estimate of drug-likeness (QED) is 0.727. The van der Waals surface area contributed by atoms with Crippen molar-refractivity contribution in [2.45, 2.75) is 39.7 Å². The Balaban J connectivity index is 2.37. The zero-order chi connectivity index (χ0) is 12.7. The minimum absolute atomic E-state index is 0.158. The first kappa shape index (κ1) is 14.0. The molecule has 2 N–H and O–H groups in total. The average molecular weight is 256 g/mol. The van der Waals surface area contributed by atoms with Crippen LogP contribution in [0.1, 0.15) is 43.6 Å². The topological polar surface area (TPSA) is 70.7 Å². The van der Waals surface area contributed by atoms with E-state index in [0.717, 1.165) is 30.2 Å². The van der Waals surface area contributed by atoms with E-state index in [1.807, 2.05) is 25.6 Å². The Morgan fingerprint density at radius 1 is 1.53 bits per heavy atom. The predicted molar refractivity (Wildman–Crippen MR) is 70.3 cm³/mol. The van der Waals surface area contributed by atoms with E-state index in [-0.39, 0.29) is 17.8 Å². The number of aromatic amines is 1. The number of carbonyl (C=O) groups is 1. The number of hydrogen-bond acceptors (Lipinski definition) is 4. The lowest BCUT2D eigenvalue weighted by atomic mass is 10.2. The molecule has 17 heavy (non-hydrogen) atoms. The predicted octanol–water partition coefficient (Wildman–Crippen LogP) is 1.63. The van der Waals surface area contributed by atoms with Crippen molar-refractivity contribution < 1.29 is 4.79 Å². The number of aromatic nitrogens is 3. The molecule has 0 saturated heterocycles. The molecule has 0 fully saturated rings. The zero-order valence-electron chi connectivity index (χ0n) is 10.6. The van der Waals surface area contributed by atoms with Gasteiger partial charge in [0.15, 0.2) is 0 Å². The summed E-state index contributed by atoms with van der Waals surface area (Å²) in [5, 5.41) is 9.51. The van der Waals surface area contributed by atoms with E-state index >= 15 is 0 Å².